The molecule has 3 saturated carbocycles. The van der Waals surface area contributed by atoms with E-state index in [2.05, 4.69) is 27.7 Å². The van der Waals surface area contributed by atoms with Crippen molar-refractivity contribution in [2.45, 2.75) is 123 Å². The van der Waals surface area contributed by atoms with Gasteiger partial charge in [-0.25, -0.2) is 4.79 Å². The lowest BCUT2D eigenvalue weighted by Crippen LogP contribution is -2.66. The maximum absolute atomic E-state index is 12.6. The summed E-state index contributed by atoms with van der Waals surface area (Å²) in [5.74, 6) is 2.57. The van der Waals surface area contributed by atoms with Crippen molar-refractivity contribution in [3.63, 3.8) is 0 Å². The Bertz CT molecular complexity index is 818. The topological polar surface area (TPSA) is 85.2 Å². The molecule has 2 N–H and O–H groups in total. The first-order chi connectivity index (χ1) is 15.7. The number of hydrogen-bond donors (Lipinski definition) is 2. The van der Waals surface area contributed by atoms with Gasteiger partial charge in [-0.3, -0.25) is 0 Å². The average molecular weight is 479 g/mol. The highest BCUT2D eigenvalue weighted by Crippen LogP contribution is 2.71. The van der Waals surface area contributed by atoms with Crippen LogP contribution in [0.15, 0.2) is 11.6 Å². The average Bonchev–Trinajstić information content (AvgIpc) is 3.13. The summed E-state index contributed by atoms with van der Waals surface area (Å²) in [4.78, 5) is 12.6. The molecule has 1 aliphatic heterocycles. The largest absolute Gasteiger partial charge is 0.451 e. The predicted octanol–water partition coefficient (Wildman–Crippen LogP) is 4.61. The van der Waals surface area contributed by atoms with E-state index in [1.165, 1.54) is 19.4 Å². The predicted molar refractivity (Wildman–Crippen MR) is 130 cm³/mol. The van der Waals surface area contributed by atoms with Gasteiger partial charge in [0.1, 0.15) is 11.7 Å². The fourth-order valence-corrected chi connectivity index (χ4v) is 7.51. The molecule has 6 heteroatoms. The number of aliphatic hydroxyl groups is 2. The zero-order chi connectivity index (χ0) is 25.2. The summed E-state index contributed by atoms with van der Waals surface area (Å²) >= 11 is 0. The number of carbonyl (C=O) groups excluding carboxylic acids is 1. The van der Waals surface area contributed by atoms with Crippen LogP contribution in [0, 0.1) is 35.0 Å². The van der Waals surface area contributed by atoms with Gasteiger partial charge in [-0.1, -0.05) is 39.7 Å². The molecular formula is C28H46O6. The fourth-order valence-electron chi connectivity index (χ4n) is 7.51. The van der Waals surface area contributed by atoms with E-state index >= 15 is 0 Å². The molecule has 4 fully saturated rings. The number of hydrogen-bond acceptors (Lipinski definition) is 6. The van der Waals surface area contributed by atoms with E-state index in [0.29, 0.717) is 23.2 Å². The fraction of sp³-hybridized carbons (Fsp3) is 0.893. The van der Waals surface area contributed by atoms with E-state index in [1.807, 2.05) is 13.8 Å². The number of fused-ring (bicyclic) bond motifs is 3. The number of esters is 1. The first kappa shape index (κ1) is 26.1. The second-order valence-electron chi connectivity index (χ2n) is 12.7. The maximum Gasteiger partial charge on any atom is 0.331 e. The van der Waals surface area contributed by atoms with Crippen LogP contribution in [-0.2, 0) is 19.0 Å². The Labute approximate surface area is 205 Å². The smallest absolute Gasteiger partial charge is 0.331 e. The molecule has 6 nitrogen and oxygen atoms in total. The maximum atomic E-state index is 12.6. The van der Waals surface area contributed by atoms with E-state index in [1.54, 1.807) is 6.92 Å². The van der Waals surface area contributed by atoms with Gasteiger partial charge >= 0.3 is 5.97 Å². The van der Waals surface area contributed by atoms with Crippen LogP contribution in [0.2, 0.25) is 0 Å². The monoisotopic (exact) mass is 478 g/mol. The van der Waals surface area contributed by atoms with E-state index in [9.17, 15) is 15.0 Å². The molecule has 0 aromatic heterocycles. The lowest BCUT2D eigenvalue weighted by Gasteiger charge is -2.50. The zero-order valence-electron chi connectivity index (χ0n) is 22.3. The van der Waals surface area contributed by atoms with Gasteiger partial charge in [0, 0.05) is 6.08 Å². The molecule has 194 valence electrons. The molecule has 0 spiro atoms. The Kier molecular flexibility index (Phi) is 6.81. The third-order valence-electron chi connectivity index (χ3n) is 10.2. The molecule has 11 unspecified atom stereocenters. The van der Waals surface area contributed by atoms with Crippen LogP contribution in [0.1, 0.15) is 87.5 Å². The SMILES string of the molecule is CC/C(C)=C/C(=O)OC1C(OC2(C)CCC3C(C4C(C)CCC42)C3(C)C)OC(C)C(C)(O)C1O. The van der Waals surface area contributed by atoms with Crippen molar-refractivity contribution in [3.05, 3.63) is 11.6 Å². The minimum Gasteiger partial charge on any atom is -0.451 e. The molecule has 0 bridgehead atoms. The summed E-state index contributed by atoms with van der Waals surface area (Å²) in [6, 6.07) is 0. The molecule has 4 rings (SSSR count). The van der Waals surface area contributed by atoms with Crippen LogP contribution >= 0.6 is 0 Å². The van der Waals surface area contributed by atoms with E-state index in [4.69, 9.17) is 14.2 Å². The molecule has 0 aromatic rings. The van der Waals surface area contributed by atoms with Crippen molar-refractivity contribution in [1.29, 1.82) is 0 Å². The Balaban J connectivity index is 1.60. The van der Waals surface area contributed by atoms with Crippen molar-refractivity contribution < 1.29 is 29.2 Å². The highest BCUT2D eigenvalue weighted by atomic mass is 16.7. The molecule has 0 amide bonds. The number of carbonyl (C=O) groups is 1. The number of rotatable bonds is 5. The number of ether oxygens (including phenoxy) is 3. The minimum atomic E-state index is -1.56. The molecule has 0 aromatic carbocycles. The lowest BCUT2D eigenvalue weighted by molar-refractivity contribution is -0.347. The lowest BCUT2D eigenvalue weighted by atomic mass is 9.74. The van der Waals surface area contributed by atoms with Crippen LogP contribution in [-0.4, -0.2) is 52.0 Å². The van der Waals surface area contributed by atoms with Gasteiger partial charge in [0.2, 0.25) is 0 Å². The number of allylic oxidation sites excluding steroid dienone is 1. The molecule has 11 atom stereocenters. The molecule has 4 aliphatic rings. The van der Waals surface area contributed by atoms with Crippen molar-refractivity contribution >= 4 is 5.97 Å². The molecule has 0 radical (unpaired) electrons. The quantitative estimate of drug-likeness (QED) is 0.443. The van der Waals surface area contributed by atoms with Crippen molar-refractivity contribution in [2.24, 2.45) is 35.0 Å². The Morgan fingerprint density at radius 1 is 1.12 bits per heavy atom. The normalized spacial score (nSPS) is 50.2. The van der Waals surface area contributed by atoms with Crippen molar-refractivity contribution in [3.8, 4) is 0 Å². The van der Waals surface area contributed by atoms with Crippen LogP contribution in [0.4, 0.5) is 0 Å². The van der Waals surface area contributed by atoms with Gasteiger partial charge in [0.05, 0.1) is 11.7 Å². The summed E-state index contributed by atoms with van der Waals surface area (Å²) in [6.45, 7) is 16.5. The summed E-state index contributed by atoms with van der Waals surface area (Å²) in [7, 11) is 0. The molecule has 3 aliphatic carbocycles. The second kappa shape index (κ2) is 8.86. The van der Waals surface area contributed by atoms with Gasteiger partial charge in [0.15, 0.2) is 12.4 Å². The zero-order valence-corrected chi connectivity index (χ0v) is 22.3. The van der Waals surface area contributed by atoms with Crippen molar-refractivity contribution in [2.75, 3.05) is 0 Å². The summed E-state index contributed by atoms with van der Waals surface area (Å²) in [5.41, 5.74) is -0.718. The summed E-state index contributed by atoms with van der Waals surface area (Å²) in [5, 5.41) is 22.0. The number of aliphatic hydroxyl groups excluding tert-OH is 1. The highest BCUT2D eigenvalue weighted by Gasteiger charge is 2.67. The second-order valence-corrected chi connectivity index (χ2v) is 12.7. The first-order valence-corrected chi connectivity index (χ1v) is 13.4. The highest BCUT2D eigenvalue weighted by molar-refractivity contribution is 5.82. The standard InChI is InChI=1S/C28H46O6/c1-9-15(2)14-20(29)33-23-24(30)28(8,31)17(4)32-25(23)34-27(7)13-12-19-22(26(19,5)6)21-16(3)10-11-18(21)27/h14,16-19,21-25,30-31H,9-13H2,1-8H3/b15-14+. The van der Waals surface area contributed by atoms with Crippen LogP contribution in [0.25, 0.3) is 0 Å². The van der Waals surface area contributed by atoms with E-state index in [-0.39, 0.29) is 0 Å². The molecule has 1 heterocycles. The Morgan fingerprint density at radius 3 is 2.44 bits per heavy atom. The molecular weight excluding hydrogens is 432 g/mol. The van der Waals surface area contributed by atoms with Crippen molar-refractivity contribution in [1.82, 2.24) is 0 Å². The Hall–Kier alpha value is -0.950. The van der Waals surface area contributed by atoms with Crippen LogP contribution in [0.5, 0.6) is 0 Å². The van der Waals surface area contributed by atoms with Gasteiger partial charge < -0.3 is 24.4 Å². The van der Waals surface area contributed by atoms with E-state index in [0.717, 1.165) is 43.1 Å². The summed E-state index contributed by atoms with van der Waals surface area (Å²) < 4.78 is 18.6. The summed E-state index contributed by atoms with van der Waals surface area (Å²) in [6.07, 6.45) is 2.48. The molecule has 34 heavy (non-hydrogen) atoms. The third kappa shape index (κ3) is 4.27. The van der Waals surface area contributed by atoms with Gasteiger partial charge in [-0.2, -0.15) is 0 Å². The Morgan fingerprint density at radius 2 is 1.79 bits per heavy atom. The third-order valence-corrected chi connectivity index (χ3v) is 10.2. The molecule has 1 saturated heterocycles. The van der Waals surface area contributed by atoms with Crippen LogP contribution < -0.4 is 0 Å². The van der Waals surface area contributed by atoms with E-state index < -0.39 is 41.8 Å². The van der Waals surface area contributed by atoms with Gasteiger partial charge in [-0.15, -0.1) is 0 Å². The van der Waals surface area contributed by atoms with Gasteiger partial charge in [0.25, 0.3) is 0 Å². The first-order valence-electron chi connectivity index (χ1n) is 13.4. The van der Waals surface area contributed by atoms with Gasteiger partial charge in [-0.05, 0) is 88.4 Å². The van der Waals surface area contributed by atoms with Crippen LogP contribution in [0.3, 0.4) is 0 Å². The minimum absolute atomic E-state index is 0.398.